The molecular weight excluding hydrogens is 248 g/mol. The van der Waals surface area contributed by atoms with Crippen LogP contribution in [0.1, 0.15) is 76.9 Å². The molecule has 1 N–H and O–H groups in total. The molecular formula is C18H30O2. The third kappa shape index (κ3) is 7.54. The van der Waals surface area contributed by atoms with Crippen molar-refractivity contribution in [3.05, 3.63) is 29.8 Å². The van der Waals surface area contributed by atoms with Gasteiger partial charge in [-0.05, 0) is 31.0 Å². The van der Waals surface area contributed by atoms with Crippen LogP contribution in [0, 0.1) is 0 Å². The van der Waals surface area contributed by atoms with Crippen LogP contribution in [-0.2, 0) is 0 Å². The van der Waals surface area contributed by atoms with Crippen LogP contribution in [0.15, 0.2) is 24.3 Å². The Morgan fingerprint density at radius 1 is 1.00 bits per heavy atom. The molecule has 114 valence electrons. The van der Waals surface area contributed by atoms with Crippen LogP contribution in [0.5, 0.6) is 5.75 Å². The minimum Gasteiger partial charge on any atom is -0.494 e. The number of aliphatic hydroxyl groups is 1. The minimum atomic E-state index is -0.429. The molecule has 1 rings (SSSR count). The fourth-order valence-corrected chi connectivity index (χ4v) is 2.29. The normalized spacial score (nSPS) is 12.3. The number of hydrogen-bond donors (Lipinski definition) is 1. The predicted octanol–water partition coefficient (Wildman–Crippen LogP) is 5.26. The number of unbranched alkanes of at least 4 members (excludes halogenated alkanes) is 7. The van der Waals surface area contributed by atoms with Gasteiger partial charge in [-0.3, -0.25) is 0 Å². The van der Waals surface area contributed by atoms with Crippen molar-refractivity contribution < 1.29 is 9.84 Å². The second kappa shape index (κ2) is 10.7. The molecule has 1 aromatic rings. The first kappa shape index (κ1) is 17.0. The van der Waals surface area contributed by atoms with Gasteiger partial charge in [-0.25, -0.2) is 0 Å². The molecule has 0 aliphatic heterocycles. The molecule has 2 nitrogen and oxygen atoms in total. The van der Waals surface area contributed by atoms with E-state index in [4.69, 9.17) is 4.74 Å². The first-order chi connectivity index (χ1) is 9.74. The lowest BCUT2D eigenvalue weighted by molar-refractivity contribution is 0.198. The molecule has 1 aromatic carbocycles. The maximum atomic E-state index is 9.52. The Bertz CT molecular complexity index is 347. The number of benzene rings is 1. The topological polar surface area (TPSA) is 29.5 Å². The van der Waals surface area contributed by atoms with Crippen LogP contribution in [0.25, 0.3) is 0 Å². The van der Waals surface area contributed by atoms with Gasteiger partial charge < -0.3 is 9.84 Å². The summed E-state index contributed by atoms with van der Waals surface area (Å²) in [6, 6.07) is 7.74. The molecule has 0 aliphatic rings. The highest BCUT2D eigenvalue weighted by molar-refractivity contribution is 5.29. The second-order valence-corrected chi connectivity index (χ2v) is 5.57. The van der Waals surface area contributed by atoms with Gasteiger partial charge in [-0.15, -0.1) is 0 Å². The molecule has 0 heterocycles. The maximum Gasteiger partial charge on any atom is 0.119 e. The fourth-order valence-electron chi connectivity index (χ4n) is 2.29. The highest BCUT2D eigenvalue weighted by Gasteiger charge is 2.02. The average Bonchev–Trinajstić information content (AvgIpc) is 2.46. The van der Waals surface area contributed by atoms with Gasteiger partial charge in [0.1, 0.15) is 5.75 Å². The molecule has 0 saturated heterocycles. The van der Waals surface area contributed by atoms with Crippen molar-refractivity contribution in [3.63, 3.8) is 0 Å². The third-order valence-electron chi connectivity index (χ3n) is 3.61. The van der Waals surface area contributed by atoms with Crippen LogP contribution in [0.4, 0.5) is 0 Å². The van der Waals surface area contributed by atoms with E-state index in [0.29, 0.717) is 0 Å². The molecule has 2 heteroatoms. The van der Waals surface area contributed by atoms with Crippen molar-refractivity contribution in [2.24, 2.45) is 0 Å². The minimum absolute atomic E-state index is 0.429. The van der Waals surface area contributed by atoms with Crippen LogP contribution < -0.4 is 4.74 Å². The Hall–Kier alpha value is -1.02. The number of aliphatic hydroxyl groups excluding tert-OH is 1. The molecule has 20 heavy (non-hydrogen) atoms. The van der Waals surface area contributed by atoms with E-state index in [0.717, 1.165) is 24.3 Å². The summed E-state index contributed by atoms with van der Waals surface area (Å²) in [4.78, 5) is 0. The van der Waals surface area contributed by atoms with E-state index >= 15 is 0 Å². The van der Waals surface area contributed by atoms with E-state index in [2.05, 4.69) is 6.92 Å². The maximum absolute atomic E-state index is 9.52. The predicted molar refractivity (Wildman–Crippen MR) is 85.2 cm³/mol. The monoisotopic (exact) mass is 278 g/mol. The molecule has 1 atom stereocenters. The van der Waals surface area contributed by atoms with Gasteiger partial charge in [0.05, 0.1) is 12.7 Å². The number of ether oxygens (including phenoxy) is 1. The van der Waals surface area contributed by atoms with Crippen molar-refractivity contribution in [2.45, 2.75) is 71.3 Å². The summed E-state index contributed by atoms with van der Waals surface area (Å²) < 4.78 is 5.73. The molecule has 0 radical (unpaired) electrons. The Morgan fingerprint density at radius 2 is 1.65 bits per heavy atom. The summed E-state index contributed by atoms with van der Waals surface area (Å²) in [6.07, 6.45) is 10.1. The summed E-state index contributed by atoms with van der Waals surface area (Å²) in [5.41, 5.74) is 0.915. The molecule has 0 amide bonds. The van der Waals surface area contributed by atoms with Gasteiger partial charge in [-0.1, -0.05) is 64.0 Å². The van der Waals surface area contributed by atoms with E-state index in [9.17, 15) is 5.11 Å². The lowest BCUT2D eigenvalue weighted by Gasteiger charge is -2.09. The van der Waals surface area contributed by atoms with Gasteiger partial charge in [-0.2, -0.15) is 0 Å². The standard InChI is InChI=1S/C18H30O2/c1-3-4-5-6-7-8-9-10-14-20-18-13-11-12-17(15-18)16(2)19/h11-13,15-16,19H,3-10,14H2,1-2H3/t16-/m0/s1. The number of hydrogen-bond acceptors (Lipinski definition) is 2. The van der Waals surface area contributed by atoms with Crippen molar-refractivity contribution in [1.29, 1.82) is 0 Å². The van der Waals surface area contributed by atoms with Gasteiger partial charge in [0.15, 0.2) is 0 Å². The molecule has 0 aromatic heterocycles. The van der Waals surface area contributed by atoms with Gasteiger partial charge >= 0.3 is 0 Å². The highest BCUT2D eigenvalue weighted by Crippen LogP contribution is 2.19. The van der Waals surface area contributed by atoms with Gasteiger partial charge in [0.25, 0.3) is 0 Å². The summed E-state index contributed by atoms with van der Waals surface area (Å²) in [5, 5.41) is 9.52. The zero-order valence-corrected chi connectivity index (χ0v) is 13.1. The Balaban J connectivity index is 2.05. The molecule has 0 spiro atoms. The Morgan fingerprint density at radius 3 is 2.30 bits per heavy atom. The third-order valence-corrected chi connectivity index (χ3v) is 3.61. The average molecular weight is 278 g/mol. The molecule has 0 aliphatic carbocycles. The summed E-state index contributed by atoms with van der Waals surface area (Å²) >= 11 is 0. The molecule has 0 fully saturated rings. The van der Waals surface area contributed by atoms with Crippen LogP contribution >= 0.6 is 0 Å². The molecule has 0 saturated carbocycles. The van der Waals surface area contributed by atoms with Gasteiger partial charge in [0, 0.05) is 0 Å². The van der Waals surface area contributed by atoms with Crippen molar-refractivity contribution in [2.75, 3.05) is 6.61 Å². The Kier molecular flexibility index (Phi) is 9.14. The largest absolute Gasteiger partial charge is 0.494 e. The van der Waals surface area contributed by atoms with Crippen LogP contribution in [0.3, 0.4) is 0 Å². The lowest BCUT2D eigenvalue weighted by atomic mass is 10.1. The number of rotatable bonds is 11. The van der Waals surface area contributed by atoms with Crippen LogP contribution in [0.2, 0.25) is 0 Å². The van der Waals surface area contributed by atoms with Crippen molar-refractivity contribution >= 4 is 0 Å². The SMILES string of the molecule is CCCCCCCCCCOc1cccc([C@H](C)O)c1. The van der Waals surface area contributed by atoms with Gasteiger partial charge in [0.2, 0.25) is 0 Å². The van der Waals surface area contributed by atoms with Crippen molar-refractivity contribution in [3.8, 4) is 5.75 Å². The quantitative estimate of drug-likeness (QED) is 0.559. The van der Waals surface area contributed by atoms with E-state index in [1.165, 1.54) is 44.9 Å². The first-order valence-corrected chi connectivity index (χ1v) is 8.15. The molecule has 0 bridgehead atoms. The van der Waals surface area contributed by atoms with E-state index in [-0.39, 0.29) is 0 Å². The first-order valence-electron chi connectivity index (χ1n) is 8.15. The Labute approximate surface area is 124 Å². The van der Waals surface area contributed by atoms with E-state index < -0.39 is 6.10 Å². The highest BCUT2D eigenvalue weighted by atomic mass is 16.5. The summed E-state index contributed by atoms with van der Waals surface area (Å²) in [6.45, 7) is 4.81. The lowest BCUT2D eigenvalue weighted by Crippen LogP contribution is -1.98. The zero-order valence-electron chi connectivity index (χ0n) is 13.1. The van der Waals surface area contributed by atoms with E-state index in [1.807, 2.05) is 24.3 Å². The second-order valence-electron chi connectivity index (χ2n) is 5.57. The molecule has 0 unspecified atom stereocenters. The zero-order chi connectivity index (χ0) is 14.6. The van der Waals surface area contributed by atoms with Crippen molar-refractivity contribution in [1.82, 2.24) is 0 Å². The van der Waals surface area contributed by atoms with Crippen LogP contribution in [-0.4, -0.2) is 11.7 Å². The van der Waals surface area contributed by atoms with E-state index in [1.54, 1.807) is 6.92 Å². The smallest absolute Gasteiger partial charge is 0.119 e. The summed E-state index contributed by atoms with van der Waals surface area (Å²) in [5.74, 6) is 0.867. The fraction of sp³-hybridized carbons (Fsp3) is 0.667. The summed E-state index contributed by atoms with van der Waals surface area (Å²) in [7, 11) is 0.